The third-order valence-electron chi connectivity index (χ3n) is 4.11. The fraction of sp³-hybridized carbons (Fsp3) is 0.273. The van der Waals surface area contributed by atoms with Gasteiger partial charge in [-0.25, -0.2) is 0 Å². The Morgan fingerprint density at radius 2 is 1.97 bits per heavy atom. The Morgan fingerprint density at radius 3 is 2.67 bits per heavy atom. The molecule has 1 N–H and O–H groups in total. The Bertz CT molecular complexity index is 1010. The molecule has 158 valence electrons. The van der Waals surface area contributed by atoms with Gasteiger partial charge in [0.1, 0.15) is 23.4 Å². The first-order valence-corrected chi connectivity index (χ1v) is 10.6. The maximum absolute atomic E-state index is 12.8. The predicted molar refractivity (Wildman–Crippen MR) is 118 cm³/mol. The number of amides is 1. The third kappa shape index (κ3) is 6.01. The quantitative estimate of drug-likeness (QED) is 0.503. The van der Waals surface area contributed by atoms with Crippen molar-refractivity contribution in [1.29, 1.82) is 0 Å². The van der Waals surface area contributed by atoms with Crippen molar-refractivity contribution in [1.82, 2.24) is 9.78 Å². The number of rotatable bonds is 9. The normalized spacial score (nSPS) is 11.7. The van der Waals surface area contributed by atoms with E-state index in [0.29, 0.717) is 35.2 Å². The Hall–Kier alpha value is -2.97. The van der Waals surface area contributed by atoms with E-state index in [0.717, 1.165) is 4.90 Å². The highest BCUT2D eigenvalue weighted by molar-refractivity contribution is 7.98. The summed E-state index contributed by atoms with van der Waals surface area (Å²) in [6.07, 6.45) is 3.58. The number of nitrogens with one attached hydrogen (secondary N) is 1. The minimum absolute atomic E-state index is 0.184. The first-order valence-electron chi connectivity index (χ1n) is 9.40. The Morgan fingerprint density at radius 1 is 1.17 bits per heavy atom. The number of benzene rings is 2. The van der Waals surface area contributed by atoms with Crippen molar-refractivity contribution in [2.24, 2.45) is 7.05 Å². The van der Waals surface area contributed by atoms with Crippen LogP contribution in [0.3, 0.4) is 0 Å². The first-order chi connectivity index (χ1) is 14.5. The molecule has 0 aliphatic heterocycles. The lowest BCUT2D eigenvalue weighted by Crippen LogP contribution is -2.18. The third-order valence-corrected chi connectivity index (χ3v) is 4.84. The Balaban J connectivity index is 1.87. The number of nitrogens with zero attached hydrogens (tertiary/aromatic N) is 2. The van der Waals surface area contributed by atoms with Crippen molar-refractivity contribution >= 4 is 23.5 Å². The van der Waals surface area contributed by atoms with Gasteiger partial charge >= 0.3 is 0 Å². The summed E-state index contributed by atoms with van der Waals surface area (Å²) in [4.78, 5) is 13.9. The van der Waals surface area contributed by atoms with Gasteiger partial charge in [0, 0.05) is 42.9 Å². The molecule has 0 fully saturated rings. The lowest BCUT2D eigenvalue weighted by Gasteiger charge is -2.16. The van der Waals surface area contributed by atoms with Crippen LogP contribution in [0.25, 0.3) is 0 Å². The van der Waals surface area contributed by atoms with Crippen LogP contribution in [0.1, 0.15) is 17.3 Å². The molecule has 7 nitrogen and oxygen atoms in total. The molecule has 0 radical (unpaired) electrons. The van der Waals surface area contributed by atoms with E-state index < -0.39 is 0 Å². The summed E-state index contributed by atoms with van der Waals surface area (Å²) in [5, 5.41) is 6.97. The summed E-state index contributed by atoms with van der Waals surface area (Å²) < 4.78 is 18.7. The van der Waals surface area contributed by atoms with Gasteiger partial charge in [0.05, 0.1) is 6.61 Å². The van der Waals surface area contributed by atoms with Crippen LogP contribution >= 0.6 is 11.8 Å². The molecule has 0 spiro atoms. The number of carbonyl (C=O) groups excluding carboxylic acids is 1. The van der Waals surface area contributed by atoms with Crippen molar-refractivity contribution in [3.8, 4) is 17.2 Å². The van der Waals surface area contributed by atoms with Crippen molar-refractivity contribution < 1.29 is 19.0 Å². The van der Waals surface area contributed by atoms with Crippen LogP contribution in [0.4, 0.5) is 5.82 Å². The van der Waals surface area contributed by atoms with Crippen molar-refractivity contribution in [3.63, 3.8) is 0 Å². The van der Waals surface area contributed by atoms with Crippen LogP contribution in [0.15, 0.2) is 59.6 Å². The van der Waals surface area contributed by atoms with E-state index in [-0.39, 0.29) is 12.0 Å². The number of carbonyl (C=O) groups is 1. The second kappa shape index (κ2) is 10.2. The van der Waals surface area contributed by atoms with E-state index in [2.05, 4.69) is 10.4 Å². The summed E-state index contributed by atoms with van der Waals surface area (Å²) in [5.74, 6) is 1.86. The van der Waals surface area contributed by atoms with Gasteiger partial charge in [0.15, 0.2) is 5.82 Å². The molecule has 0 saturated carbocycles. The monoisotopic (exact) mass is 427 g/mol. The fourth-order valence-electron chi connectivity index (χ4n) is 2.80. The van der Waals surface area contributed by atoms with E-state index in [1.54, 1.807) is 61.1 Å². The van der Waals surface area contributed by atoms with Crippen molar-refractivity contribution in [2.45, 2.75) is 17.9 Å². The summed E-state index contributed by atoms with van der Waals surface area (Å²) in [6, 6.07) is 14.6. The molecule has 1 aromatic heterocycles. The highest BCUT2D eigenvalue weighted by Crippen LogP contribution is 2.30. The molecule has 1 amide bonds. The van der Waals surface area contributed by atoms with Gasteiger partial charge in [-0.1, -0.05) is 6.07 Å². The standard InChI is InChI=1S/C22H25N3O4S/c1-15(14-27-3)28-18-10-16(22(26)23-21-8-9-25(2)24-21)11-19(12-18)29-17-6-5-7-20(13-17)30-4/h5-13,15H,14H2,1-4H3,(H,23,24,26). The van der Waals surface area contributed by atoms with Gasteiger partial charge in [-0.2, -0.15) is 5.10 Å². The van der Waals surface area contributed by atoms with Crippen LogP contribution < -0.4 is 14.8 Å². The smallest absolute Gasteiger partial charge is 0.257 e. The molecule has 3 rings (SSSR count). The maximum Gasteiger partial charge on any atom is 0.257 e. The zero-order valence-electron chi connectivity index (χ0n) is 17.4. The highest BCUT2D eigenvalue weighted by atomic mass is 32.2. The van der Waals surface area contributed by atoms with Gasteiger partial charge < -0.3 is 19.5 Å². The minimum atomic E-state index is -0.304. The van der Waals surface area contributed by atoms with E-state index in [1.165, 1.54) is 0 Å². The van der Waals surface area contributed by atoms with Crippen LogP contribution in [0, 0.1) is 0 Å². The molecule has 8 heteroatoms. The fourth-order valence-corrected chi connectivity index (χ4v) is 3.25. The van der Waals surface area contributed by atoms with Crippen molar-refractivity contribution in [3.05, 3.63) is 60.3 Å². The van der Waals surface area contributed by atoms with Gasteiger partial charge in [-0.3, -0.25) is 9.48 Å². The van der Waals surface area contributed by atoms with E-state index in [9.17, 15) is 4.79 Å². The van der Waals surface area contributed by atoms with Gasteiger partial charge in [-0.15, -0.1) is 11.8 Å². The molecular formula is C22H25N3O4S. The van der Waals surface area contributed by atoms with E-state index in [1.807, 2.05) is 37.4 Å². The van der Waals surface area contributed by atoms with Gasteiger partial charge in [0.2, 0.25) is 0 Å². The molecule has 1 unspecified atom stereocenters. The average Bonchev–Trinajstić information content (AvgIpc) is 3.12. The molecule has 1 heterocycles. The number of ether oxygens (including phenoxy) is 3. The summed E-state index contributed by atoms with van der Waals surface area (Å²) in [5.41, 5.74) is 0.402. The van der Waals surface area contributed by atoms with Crippen molar-refractivity contribution in [2.75, 3.05) is 25.3 Å². The predicted octanol–water partition coefficient (Wildman–Crippen LogP) is 4.60. The number of anilines is 1. The summed E-state index contributed by atoms with van der Waals surface area (Å²) >= 11 is 1.63. The maximum atomic E-state index is 12.8. The molecule has 3 aromatic rings. The van der Waals surface area contributed by atoms with Crippen LogP contribution in [0.2, 0.25) is 0 Å². The first kappa shape index (κ1) is 21.7. The number of aromatic nitrogens is 2. The second-order valence-corrected chi connectivity index (χ2v) is 7.57. The topological polar surface area (TPSA) is 74.6 Å². The molecule has 0 aliphatic carbocycles. The molecule has 0 saturated heterocycles. The van der Waals surface area contributed by atoms with Gasteiger partial charge in [0.25, 0.3) is 5.91 Å². The Kier molecular flexibility index (Phi) is 7.37. The Labute approximate surface area is 180 Å². The number of hydrogen-bond donors (Lipinski definition) is 1. The molecule has 2 aromatic carbocycles. The number of hydrogen-bond acceptors (Lipinski definition) is 6. The molecular weight excluding hydrogens is 402 g/mol. The molecule has 1 atom stereocenters. The molecule has 30 heavy (non-hydrogen) atoms. The summed E-state index contributed by atoms with van der Waals surface area (Å²) in [6.45, 7) is 2.32. The van der Waals surface area contributed by atoms with E-state index >= 15 is 0 Å². The van der Waals surface area contributed by atoms with Crippen LogP contribution in [-0.4, -0.2) is 41.8 Å². The van der Waals surface area contributed by atoms with Crippen LogP contribution in [-0.2, 0) is 11.8 Å². The summed E-state index contributed by atoms with van der Waals surface area (Å²) in [7, 11) is 3.40. The second-order valence-electron chi connectivity index (χ2n) is 6.69. The number of thioether (sulfide) groups is 1. The SMILES string of the molecule is COCC(C)Oc1cc(Oc2cccc(SC)c2)cc(C(=O)Nc2ccn(C)n2)c1. The molecule has 0 bridgehead atoms. The zero-order chi connectivity index (χ0) is 21.5. The van der Waals surface area contributed by atoms with E-state index in [4.69, 9.17) is 14.2 Å². The van der Waals surface area contributed by atoms with Crippen LogP contribution in [0.5, 0.6) is 17.2 Å². The largest absolute Gasteiger partial charge is 0.488 e. The molecule has 0 aliphatic rings. The van der Waals surface area contributed by atoms with Gasteiger partial charge in [-0.05, 0) is 43.5 Å². The lowest BCUT2D eigenvalue weighted by molar-refractivity contribution is 0.0915. The minimum Gasteiger partial charge on any atom is -0.488 e. The average molecular weight is 428 g/mol. The highest BCUT2D eigenvalue weighted by Gasteiger charge is 2.14. The number of aryl methyl sites for hydroxylation is 1. The zero-order valence-corrected chi connectivity index (χ0v) is 18.2. The number of methoxy groups -OCH3 is 1. The lowest BCUT2D eigenvalue weighted by atomic mass is 10.2.